The van der Waals surface area contributed by atoms with Crippen LogP contribution in [-0.2, 0) is 33.6 Å². The summed E-state index contributed by atoms with van der Waals surface area (Å²) in [5.41, 5.74) is 4.12. The van der Waals surface area contributed by atoms with Gasteiger partial charge in [-0.25, -0.2) is 19.4 Å². The van der Waals surface area contributed by atoms with E-state index in [1.807, 2.05) is 5.43 Å². The highest BCUT2D eigenvalue weighted by Gasteiger charge is 2.43. The van der Waals surface area contributed by atoms with Crippen LogP contribution in [0, 0.1) is 11.6 Å². The predicted molar refractivity (Wildman–Crippen MR) is 154 cm³/mol. The lowest BCUT2D eigenvalue weighted by Crippen LogP contribution is -2.57. The fourth-order valence-corrected chi connectivity index (χ4v) is 5.08. The first-order valence-corrected chi connectivity index (χ1v) is 14.0. The Morgan fingerprint density at radius 2 is 1.49 bits per heavy atom. The second-order valence-corrected chi connectivity index (χ2v) is 10.3. The van der Waals surface area contributed by atoms with E-state index < -0.39 is 41.7 Å². The molecule has 0 saturated carbocycles. The first-order valence-electron chi connectivity index (χ1n) is 14.0. The van der Waals surface area contributed by atoms with Gasteiger partial charge in [0, 0.05) is 37.9 Å². The number of pyridine rings is 1. The number of hydrogen-bond donors (Lipinski definition) is 2. The average Bonchev–Trinajstić information content (AvgIpc) is 3.10. The number of nitrogens with zero attached hydrogens (tertiary/aromatic N) is 4. The van der Waals surface area contributed by atoms with E-state index in [0.29, 0.717) is 12.1 Å². The van der Waals surface area contributed by atoms with Crippen molar-refractivity contribution < 1.29 is 28.0 Å². The van der Waals surface area contributed by atoms with Crippen LogP contribution < -0.4 is 11.3 Å². The summed E-state index contributed by atoms with van der Waals surface area (Å²) in [6.07, 6.45) is 2.10. The topological polar surface area (TPSA) is 129 Å². The zero-order chi connectivity index (χ0) is 30.9. The van der Waals surface area contributed by atoms with Crippen LogP contribution in [0.15, 0.2) is 72.9 Å². The lowest BCUT2D eigenvalue weighted by Gasteiger charge is -2.33. The third-order valence-electron chi connectivity index (χ3n) is 7.52. The summed E-state index contributed by atoms with van der Waals surface area (Å²) in [7, 11) is 0. The molecule has 4 rings (SSSR count). The van der Waals surface area contributed by atoms with Gasteiger partial charge in [0.05, 0.1) is 6.42 Å². The molecule has 0 spiro atoms. The van der Waals surface area contributed by atoms with Crippen LogP contribution in [0.3, 0.4) is 0 Å². The van der Waals surface area contributed by atoms with Gasteiger partial charge in [-0.15, -0.1) is 0 Å². The van der Waals surface area contributed by atoms with Crippen LogP contribution in [0.5, 0.6) is 0 Å². The fourth-order valence-electron chi connectivity index (χ4n) is 5.08. The van der Waals surface area contributed by atoms with Crippen molar-refractivity contribution in [3.05, 3.63) is 101 Å². The van der Waals surface area contributed by atoms with Crippen LogP contribution in [0.25, 0.3) is 0 Å². The number of urea groups is 1. The second kappa shape index (κ2) is 14.5. The number of imide groups is 1. The molecule has 2 atom stereocenters. The number of amides is 5. The molecule has 3 aromatic rings. The van der Waals surface area contributed by atoms with E-state index in [-0.39, 0.29) is 44.7 Å². The molecule has 0 aliphatic carbocycles. The highest BCUT2D eigenvalue weighted by molar-refractivity contribution is 6.02. The number of hydrazine groups is 1. The largest absolute Gasteiger partial charge is 0.338 e. The normalized spacial score (nSPS) is 17.0. The van der Waals surface area contributed by atoms with Gasteiger partial charge in [0.25, 0.3) is 5.91 Å². The van der Waals surface area contributed by atoms with Gasteiger partial charge in [-0.1, -0.05) is 30.3 Å². The highest BCUT2D eigenvalue weighted by Crippen LogP contribution is 2.22. The lowest BCUT2D eigenvalue weighted by molar-refractivity contribution is -0.145. The minimum absolute atomic E-state index is 0.0443. The van der Waals surface area contributed by atoms with Gasteiger partial charge in [0.1, 0.15) is 23.7 Å². The first kappa shape index (κ1) is 31.2. The minimum atomic E-state index is -1.29. The monoisotopic (exact) mass is 592 g/mol. The molecular weight excluding hydrogens is 558 g/mol. The SMILES string of the molecule is CC1C(=O)N(CCc2ccc(F)cc2)C(C(=O)N(CCc2ccccn2)C(=O)NN)CC(=O)N1CCc1ccc(F)cc1. The fraction of sp³-hybridized carbons (Fsp3) is 0.323. The molecule has 2 heterocycles. The van der Waals surface area contributed by atoms with E-state index in [4.69, 9.17) is 5.84 Å². The number of rotatable bonds is 10. The Labute approximate surface area is 248 Å². The quantitative estimate of drug-likeness (QED) is 0.212. The van der Waals surface area contributed by atoms with E-state index in [1.165, 1.54) is 34.1 Å². The number of aromatic nitrogens is 1. The maximum absolute atomic E-state index is 14.0. The number of carbonyl (C=O) groups is 4. The van der Waals surface area contributed by atoms with Crippen LogP contribution in [0.2, 0.25) is 0 Å². The summed E-state index contributed by atoms with van der Waals surface area (Å²) >= 11 is 0. The average molecular weight is 593 g/mol. The summed E-state index contributed by atoms with van der Waals surface area (Å²) in [4.78, 5) is 62.1. The van der Waals surface area contributed by atoms with Crippen LogP contribution >= 0.6 is 0 Å². The molecular formula is C31H34F2N6O4. The zero-order valence-electron chi connectivity index (χ0n) is 23.8. The summed E-state index contributed by atoms with van der Waals surface area (Å²) in [5, 5.41) is 0. The molecule has 1 fully saturated rings. The van der Waals surface area contributed by atoms with Gasteiger partial charge in [-0.2, -0.15) is 0 Å². The van der Waals surface area contributed by atoms with Gasteiger partial charge in [0.15, 0.2) is 0 Å². The van der Waals surface area contributed by atoms with Gasteiger partial charge >= 0.3 is 6.03 Å². The second-order valence-electron chi connectivity index (χ2n) is 10.3. The van der Waals surface area contributed by atoms with Gasteiger partial charge in [0.2, 0.25) is 11.8 Å². The molecule has 226 valence electrons. The van der Waals surface area contributed by atoms with Crippen molar-refractivity contribution in [3.8, 4) is 0 Å². The van der Waals surface area contributed by atoms with Crippen molar-refractivity contribution in [1.82, 2.24) is 25.1 Å². The van der Waals surface area contributed by atoms with Crippen molar-refractivity contribution in [1.29, 1.82) is 0 Å². The molecule has 10 nitrogen and oxygen atoms in total. The van der Waals surface area contributed by atoms with E-state index in [0.717, 1.165) is 16.0 Å². The molecule has 2 aromatic carbocycles. The number of carbonyl (C=O) groups excluding carboxylic acids is 4. The molecule has 43 heavy (non-hydrogen) atoms. The van der Waals surface area contributed by atoms with Crippen molar-refractivity contribution >= 4 is 23.8 Å². The van der Waals surface area contributed by atoms with Gasteiger partial charge in [-0.05, 0) is 67.3 Å². The molecule has 3 N–H and O–H groups in total. The maximum atomic E-state index is 14.0. The van der Waals surface area contributed by atoms with Crippen molar-refractivity contribution in [2.24, 2.45) is 5.84 Å². The lowest BCUT2D eigenvalue weighted by atomic mass is 10.1. The molecule has 1 aliphatic heterocycles. The summed E-state index contributed by atoms with van der Waals surface area (Å²) in [5.74, 6) is 2.95. The molecule has 0 bridgehead atoms. The Morgan fingerprint density at radius 3 is 2.02 bits per heavy atom. The highest BCUT2D eigenvalue weighted by atomic mass is 19.1. The van der Waals surface area contributed by atoms with Gasteiger partial charge in [-0.3, -0.25) is 29.7 Å². The first-order chi connectivity index (χ1) is 20.7. The van der Waals surface area contributed by atoms with E-state index in [2.05, 4.69) is 4.98 Å². The Bertz CT molecular complexity index is 1420. The Hall–Kier alpha value is -4.71. The molecule has 1 aromatic heterocycles. The molecule has 12 heteroatoms. The standard InChI is InChI=1S/C31H34F2N6O4/c1-21-29(41)38(18-14-23-7-11-25(33)12-8-23)27(20-28(40)37(21)17-13-22-5-9-24(32)10-6-22)30(42)39(31(43)36-34)19-15-26-4-2-3-16-35-26/h2-12,16,21,27H,13-15,17-20,34H2,1H3,(H,36,43). The minimum Gasteiger partial charge on any atom is -0.331 e. The third kappa shape index (κ3) is 7.98. The number of nitrogens with two attached hydrogens (primary N) is 1. The Kier molecular flexibility index (Phi) is 10.5. The molecule has 1 aliphatic rings. The Balaban J connectivity index is 1.61. The molecule has 2 unspecified atom stereocenters. The molecule has 5 amide bonds. The number of benzene rings is 2. The predicted octanol–water partition coefficient (Wildman–Crippen LogP) is 2.62. The molecule has 1 saturated heterocycles. The zero-order valence-corrected chi connectivity index (χ0v) is 23.8. The van der Waals surface area contributed by atoms with E-state index in [9.17, 15) is 28.0 Å². The maximum Gasteiger partial charge on any atom is 0.338 e. The summed E-state index contributed by atoms with van der Waals surface area (Å²) < 4.78 is 26.9. The number of nitrogens with one attached hydrogen (secondary N) is 1. The van der Waals surface area contributed by atoms with Crippen LogP contribution in [0.4, 0.5) is 13.6 Å². The molecule has 0 radical (unpaired) electrons. The van der Waals surface area contributed by atoms with Crippen molar-refractivity contribution in [3.63, 3.8) is 0 Å². The van der Waals surface area contributed by atoms with Crippen molar-refractivity contribution in [2.45, 2.75) is 44.7 Å². The Morgan fingerprint density at radius 1 is 0.907 bits per heavy atom. The van der Waals surface area contributed by atoms with E-state index in [1.54, 1.807) is 55.6 Å². The number of hydrogen-bond acceptors (Lipinski definition) is 6. The van der Waals surface area contributed by atoms with Gasteiger partial charge < -0.3 is 9.80 Å². The summed E-state index contributed by atoms with van der Waals surface area (Å²) in [6.45, 7) is 1.71. The summed E-state index contributed by atoms with van der Waals surface area (Å²) in [6, 6.07) is 13.8. The smallest absolute Gasteiger partial charge is 0.331 e. The van der Waals surface area contributed by atoms with Crippen LogP contribution in [-0.4, -0.2) is 75.2 Å². The van der Waals surface area contributed by atoms with E-state index >= 15 is 0 Å². The third-order valence-corrected chi connectivity index (χ3v) is 7.52. The number of halogens is 2. The van der Waals surface area contributed by atoms with Crippen molar-refractivity contribution in [2.75, 3.05) is 19.6 Å². The van der Waals surface area contributed by atoms with Crippen LogP contribution in [0.1, 0.15) is 30.2 Å².